The quantitative estimate of drug-likeness (QED) is 0.571. The molecule has 0 aliphatic heterocycles. The highest BCUT2D eigenvalue weighted by atomic mass is 16.5. The van der Waals surface area contributed by atoms with Crippen molar-refractivity contribution >= 4 is 0 Å². The molecule has 1 rings (SSSR count). The molecular weight excluding hydrogens is 296 g/mol. The first-order valence-electron chi connectivity index (χ1n) is 11.1. The van der Waals surface area contributed by atoms with Crippen LogP contribution in [-0.2, 0) is 4.74 Å². The van der Waals surface area contributed by atoms with Crippen molar-refractivity contribution in [3.05, 3.63) is 0 Å². The zero-order chi connectivity index (χ0) is 17.3. The van der Waals surface area contributed by atoms with E-state index in [0.717, 1.165) is 19.4 Å². The molecule has 24 heavy (non-hydrogen) atoms. The van der Waals surface area contributed by atoms with Gasteiger partial charge in [0.05, 0.1) is 12.2 Å². The van der Waals surface area contributed by atoms with Crippen LogP contribution < -0.4 is 0 Å². The maximum absolute atomic E-state index is 10.0. The van der Waals surface area contributed by atoms with E-state index in [9.17, 15) is 5.11 Å². The van der Waals surface area contributed by atoms with Crippen molar-refractivity contribution < 1.29 is 9.84 Å². The Hall–Kier alpha value is -0.0800. The van der Waals surface area contributed by atoms with E-state index in [4.69, 9.17) is 4.74 Å². The molecule has 1 aliphatic rings. The molecule has 0 unspecified atom stereocenters. The van der Waals surface area contributed by atoms with Crippen molar-refractivity contribution in [1.82, 2.24) is 0 Å². The van der Waals surface area contributed by atoms with E-state index in [0.29, 0.717) is 6.10 Å². The summed E-state index contributed by atoms with van der Waals surface area (Å²) in [5.74, 6) is 0. The van der Waals surface area contributed by atoms with Gasteiger partial charge in [0.15, 0.2) is 0 Å². The molecule has 0 radical (unpaired) electrons. The summed E-state index contributed by atoms with van der Waals surface area (Å²) in [5.41, 5.74) is 0. The minimum atomic E-state index is -0.0371. The predicted octanol–water partition coefficient (Wildman–Crippen LogP) is 6.79. The largest absolute Gasteiger partial charge is 0.393 e. The summed E-state index contributed by atoms with van der Waals surface area (Å²) in [6.45, 7) is 3.20. The molecule has 0 aromatic carbocycles. The Morgan fingerprint density at radius 1 is 0.667 bits per heavy atom. The second-order valence-electron chi connectivity index (χ2n) is 7.90. The number of hydrogen-bond donors (Lipinski definition) is 1. The minimum Gasteiger partial charge on any atom is -0.393 e. The molecule has 1 fully saturated rings. The average molecular weight is 341 g/mol. The number of unbranched alkanes of at least 4 members (excludes halogenated alkanes) is 1. The molecule has 2 nitrogen and oxygen atoms in total. The van der Waals surface area contributed by atoms with Crippen molar-refractivity contribution in [2.45, 2.75) is 135 Å². The van der Waals surface area contributed by atoms with Gasteiger partial charge in [-0.15, -0.1) is 0 Å². The Morgan fingerprint density at radius 2 is 1.08 bits per heavy atom. The second kappa shape index (κ2) is 16.4. The minimum absolute atomic E-state index is 0.0371. The van der Waals surface area contributed by atoms with Gasteiger partial charge < -0.3 is 9.84 Å². The highest BCUT2D eigenvalue weighted by Crippen LogP contribution is 2.19. The molecule has 0 bridgehead atoms. The zero-order valence-electron chi connectivity index (χ0n) is 16.4. The van der Waals surface area contributed by atoms with E-state index < -0.39 is 0 Å². The number of hydrogen-bond acceptors (Lipinski definition) is 2. The van der Waals surface area contributed by atoms with Gasteiger partial charge >= 0.3 is 0 Å². The standard InChI is InChI=1S/C22H44O2/c1-2-3-20-24-22-18-14-10-6-4-8-12-16-21(23)17-13-9-5-7-11-15-19-22/h21-23H,2-20H2,1H3. The van der Waals surface area contributed by atoms with E-state index in [1.807, 2.05) is 0 Å². The molecule has 0 aromatic heterocycles. The third-order valence-corrected chi connectivity index (χ3v) is 5.48. The van der Waals surface area contributed by atoms with Crippen molar-refractivity contribution in [1.29, 1.82) is 0 Å². The SMILES string of the molecule is CCCCOC1CCCCCCCCC(O)CCCCCCCC1. The van der Waals surface area contributed by atoms with Crippen molar-refractivity contribution in [2.24, 2.45) is 0 Å². The molecule has 0 amide bonds. The Kier molecular flexibility index (Phi) is 15.0. The summed E-state index contributed by atoms with van der Waals surface area (Å²) in [4.78, 5) is 0. The van der Waals surface area contributed by atoms with Gasteiger partial charge in [0.1, 0.15) is 0 Å². The van der Waals surface area contributed by atoms with Crippen LogP contribution in [-0.4, -0.2) is 23.9 Å². The van der Waals surface area contributed by atoms with Crippen LogP contribution in [0.15, 0.2) is 0 Å². The van der Waals surface area contributed by atoms with Gasteiger partial charge in [0.25, 0.3) is 0 Å². The summed E-state index contributed by atoms with van der Waals surface area (Å²) < 4.78 is 6.15. The van der Waals surface area contributed by atoms with E-state index in [1.165, 1.54) is 103 Å². The zero-order valence-corrected chi connectivity index (χ0v) is 16.4. The lowest BCUT2D eigenvalue weighted by atomic mass is 9.99. The maximum Gasteiger partial charge on any atom is 0.0575 e. The first-order chi connectivity index (χ1) is 11.8. The molecule has 0 atom stereocenters. The van der Waals surface area contributed by atoms with Crippen LogP contribution >= 0.6 is 0 Å². The number of aliphatic hydroxyl groups excluding tert-OH is 1. The van der Waals surface area contributed by atoms with E-state index in [2.05, 4.69) is 6.92 Å². The summed E-state index contributed by atoms with van der Waals surface area (Å²) in [6.07, 6.45) is 23.3. The van der Waals surface area contributed by atoms with Crippen molar-refractivity contribution in [2.75, 3.05) is 6.61 Å². The molecule has 1 saturated carbocycles. The fraction of sp³-hybridized carbons (Fsp3) is 1.00. The highest BCUT2D eigenvalue weighted by molar-refractivity contribution is 4.62. The molecule has 1 aliphatic carbocycles. The maximum atomic E-state index is 10.0. The number of rotatable bonds is 4. The number of ether oxygens (including phenoxy) is 1. The van der Waals surface area contributed by atoms with Gasteiger partial charge in [0.2, 0.25) is 0 Å². The third kappa shape index (κ3) is 13.2. The summed E-state index contributed by atoms with van der Waals surface area (Å²) in [5, 5.41) is 10.0. The molecule has 144 valence electrons. The van der Waals surface area contributed by atoms with E-state index in [-0.39, 0.29) is 6.10 Å². The van der Waals surface area contributed by atoms with Crippen LogP contribution in [0.25, 0.3) is 0 Å². The molecule has 1 N–H and O–H groups in total. The topological polar surface area (TPSA) is 29.5 Å². The fourth-order valence-electron chi connectivity index (χ4n) is 3.77. The predicted molar refractivity (Wildman–Crippen MR) is 105 cm³/mol. The van der Waals surface area contributed by atoms with Crippen LogP contribution in [0.3, 0.4) is 0 Å². The van der Waals surface area contributed by atoms with Crippen LogP contribution in [0.5, 0.6) is 0 Å². The van der Waals surface area contributed by atoms with E-state index >= 15 is 0 Å². The normalized spacial score (nSPS) is 27.2. The van der Waals surface area contributed by atoms with Gasteiger partial charge in [-0.3, -0.25) is 0 Å². The van der Waals surface area contributed by atoms with Gasteiger partial charge in [-0.05, 0) is 32.1 Å². The van der Waals surface area contributed by atoms with Gasteiger partial charge in [-0.25, -0.2) is 0 Å². The average Bonchev–Trinajstić information content (AvgIpc) is 2.58. The van der Waals surface area contributed by atoms with Crippen molar-refractivity contribution in [3.63, 3.8) is 0 Å². The first-order valence-corrected chi connectivity index (χ1v) is 11.1. The van der Waals surface area contributed by atoms with Crippen LogP contribution in [0.1, 0.15) is 122 Å². The smallest absolute Gasteiger partial charge is 0.0575 e. The van der Waals surface area contributed by atoms with Gasteiger partial charge in [-0.2, -0.15) is 0 Å². The van der Waals surface area contributed by atoms with Crippen LogP contribution in [0, 0.1) is 0 Å². The number of aliphatic hydroxyl groups is 1. The van der Waals surface area contributed by atoms with E-state index in [1.54, 1.807) is 0 Å². The first kappa shape index (κ1) is 22.0. The Labute approximate surface area is 151 Å². The molecule has 0 spiro atoms. The molecule has 0 heterocycles. The van der Waals surface area contributed by atoms with Crippen LogP contribution in [0.2, 0.25) is 0 Å². The lowest BCUT2D eigenvalue weighted by molar-refractivity contribution is 0.0364. The second-order valence-corrected chi connectivity index (χ2v) is 7.90. The fourth-order valence-corrected chi connectivity index (χ4v) is 3.77. The lowest BCUT2D eigenvalue weighted by Crippen LogP contribution is -2.14. The lowest BCUT2D eigenvalue weighted by Gasteiger charge is -2.18. The van der Waals surface area contributed by atoms with Gasteiger partial charge in [-0.1, -0.05) is 90.4 Å². The molecular formula is C22H44O2. The molecule has 2 heteroatoms. The highest BCUT2D eigenvalue weighted by Gasteiger charge is 2.09. The summed E-state index contributed by atoms with van der Waals surface area (Å²) in [6, 6.07) is 0. The third-order valence-electron chi connectivity index (χ3n) is 5.48. The van der Waals surface area contributed by atoms with Crippen LogP contribution in [0.4, 0.5) is 0 Å². The Balaban J connectivity index is 2.25. The van der Waals surface area contributed by atoms with Crippen molar-refractivity contribution in [3.8, 4) is 0 Å². The van der Waals surface area contributed by atoms with Gasteiger partial charge in [0, 0.05) is 6.61 Å². The molecule has 0 saturated heterocycles. The Morgan fingerprint density at radius 3 is 1.54 bits per heavy atom. The Bertz CT molecular complexity index is 234. The summed E-state index contributed by atoms with van der Waals surface area (Å²) >= 11 is 0. The summed E-state index contributed by atoms with van der Waals surface area (Å²) in [7, 11) is 0. The monoisotopic (exact) mass is 340 g/mol. The molecule has 0 aromatic rings.